The zero-order valence-electron chi connectivity index (χ0n) is 7.94. The van der Waals surface area contributed by atoms with Crippen molar-refractivity contribution in [2.75, 3.05) is 0 Å². The molecule has 0 fully saturated rings. The first-order valence-corrected chi connectivity index (χ1v) is 4.94. The third-order valence-electron chi connectivity index (χ3n) is 2.07. The minimum absolute atomic E-state index is 0.0256. The van der Waals surface area contributed by atoms with E-state index in [0.717, 1.165) is 5.56 Å². The summed E-state index contributed by atoms with van der Waals surface area (Å²) in [6.07, 6.45) is 1.83. The van der Waals surface area contributed by atoms with Crippen molar-refractivity contribution < 1.29 is 9.21 Å². The highest BCUT2D eigenvalue weighted by Crippen LogP contribution is 2.12. The number of benzene rings is 1. The van der Waals surface area contributed by atoms with E-state index in [1.165, 1.54) is 6.26 Å². The standard InChI is InChI=1S/C12H9ClO2/c13-10-5-3-9(4-6-10)8-11(14)12-2-1-7-15-12/h1-7H,8H2. The predicted molar refractivity (Wildman–Crippen MR) is 58.2 cm³/mol. The van der Waals surface area contributed by atoms with Gasteiger partial charge in [0.15, 0.2) is 5.76 Å². The van der Waals surface area contributed by atoms with Gasteiger partial charge in [-0.25, -0.2) is 0 Å². The third kappa shape index (κ3) is 2.48. The van der Waals surface area contributed by atoms with Crippen LogP contribution in [0.5, 0.6) is 0 Å². The lowest BCUT2D eigenvalue weighted by atomic mass is 10.1. The lowest BCUT2D eigenvalue weighted by molar-refractivity contribution is 0.0966. The number of carbonyl (C=O) groups excluding carboxylic acids is 1. The van der Waals surface area contributed by atoms with E-state index in [1.807, 2.05) is 12.1 Å². The van der Waals surface area contributed by atoms with Crippen LogP contribution in [0.3, 0.4) is 0 Å². The fourth-order valence-electron chi connectivity index (χ4n) is 1.31. The SMILES string of the molecule is O=C(Cc1ccc(Cl)cc1)c1ccco1. The summed E-state index contributed by atoms with van der Waals surface area (Å²) in [7, 11) is 0. The minimum Gasteiger partial charge on any atom is -0.461 e. The van der Waals surface area contributed by atoms with E-state index in [-0.39, 0.29) is 5.78 Å². The molecule has 15 heavy (non-hydrogen) atoms. The molecule has 0 spiro atoms. The van der Waals surface area contributed by atoms with E-state index in [0.29, 0.717) is 17.2 Å². The molecule has 2 nitrogen and oxygen atoms in total. The van der Waals surface area contributed by atoms with Crippen molar-refractivity contribution in [3.8, 4) is 0 Å². The average molecular weight is 221 g/mol. The van der Waals surface area contributed by atoms with Gasteiger partial charge in [-0.15, -0.1) is 0 Å². The Morgan fingerprint density at radius 2 is 1.93 bits per heavy atom. The zero-order chi connectivity index (χ0) is 10.7. The Bertz CT molecular complexity index is 443. The van der Waals surface area contributed by atoms with E-state index < -0.39 is 0 Å². The summed E-state index contributed by atoms with van der Waals surface area (Å²) in [5, 5.41) is 0.671. The molecule has 0 bridgehead atoms. The van der Waals surface area contributed by atoms with Crippen LogP contribution < -0.4 is 0 Å². The molecular formula is C12H9ClO2. The molecule has 1 aromatic heterocycles. The van der Waals surface area contributed by atoms with Crippen molar-refractivity contribution >= 4 is 17.4 Å². The van der Waals surface area contributed by atoms with Crippen molar-refractivity contribution in [3.05, 3.63) is 59.0 Å². The normalized spacial score (nSPS) is 10.2. The second-order valence-corrected chi connectivity index (χ2v) is 3.64. The van der Waals surface area contributed by atoms with Gasteiger partial charge in [0.2, 0.25) is 5.78 Å². The van der Waals surface area contributed by atoms with Gasteiger partial charge >= 0.3 is 0 Å². The van der Waals surface area contributed by atoms with Crippen LogP contribution >= 0.6 is 11.6 Å². The van der Waals surface area contributed by atoms with Crippen molar-refractivity contribution in [3.63, 3.8) is 0 Å². The first-order valence-electron chi connectivity index (χ1n) is 4.57. The molecule has 0 saturated heterocycles. The topological polar surface area (TPSA) is 30.2 Å². The van der Waals surface area contributed by atoms with Crippen LogP contribution in [-0.2, 0) is 6.42 Å². The van der Waals surface area contributed by atoms with Crippen LogP contribution in [0.1, 0.15) is 16.1 Å². The molecule has 0 aliphatic rings. The van der Waals surface area contributed by atoms with Gasteiger partial charge in [-0.2, -0.15) is 0 Å². The molecule has 3 heteroatoms. The lowest BCUT2D eigenvalue weighted by Gasteiger charge is -1.98. The molecule has 0 radical (unpaired) electrons. The molecule has 2 rings (SSSR count). The van der Waals surface area contributed by atoms with E-state index in [2.05, 4.69) is 0 Å². The van der Waals surface area contributed by atoms with Gasteiger partial charge in [0.1, 0.15) is 0 Å². The number of ketones is 1. The van der Waals surface area contributed by atoms with E-state index >= 15 is 0 Å². The van der Waals surface area contributed by atoms with Gasteiger partial charge in [-0.1, -0.05) is 23.7 Å². The molecule has 0 unspecified atom stereocenters. The summed E-state index contributed by atoms with van der Waals surface area (Å²) >= 11 is 5.74. The minimum atomic E-state index is -0.0256. The van der Waals surface area contributed by atoms with Gasteiger partial charge in [0, 0.05) is 11.4 Å². The molecule has 1 heterocycles. The number of Topliss-reactive ketones (excluding diaryl/α,β-unsaturated/α-hetero) is 1. The summed E-state index contributed by atoms with van der Waals surface area (Å²) in [5.74, 6) is 0.368. The summed E-state index contributed by atoms with van der Waals surface area (Å²) in [6, 6.07) is 10.6. The molecule has 76 valence electrons. The van der Waals surface area contributed by atoms with Crippen LogP contribution in [0, 0.1) is 0 Å². The maximum atomic E-state index is 11.6. The highest BCUT2D eigenvalue weighted by Gasteiger charge is 2.09. The zero-order valence-corrected chi connectivity index (χ0v) is 8.70. The second-order valence-electron chi connectivity index (χ2n) is 3.20. The maximum Gasteiger partial charge on any atom is 0.202 e. The molecule has 0 amide bonds. The van der Waals surface area contributed by atoms with Crippen LogP contribution in [0.15, 0.2) is 47.1 Å². The second kappa shape index (κ2) is 4.32. The third-order valence-corrected chi connectivity index (χ3v) is 2.33. The molecule has 0 saturated carbocycles. The van der Waals surface area contributed by atoms with Gasteiger partial charge in [0.25, 0.3) is 0 Å². The van der Waals surface area contributed by atoms with Gasteiger partial charge in [-0.05, 0) is 29.8 Å². The number of halogens is 1. The summed E-state index contributed by atoms with van der Waals surface area (Å²) in [5.41, 5.74) is 0.931. The van der Waals surface area contributed by atoms with Crippen LogP contribution in [0.4, 0.5) is 0 Å². The highest BCUT2D eigenvalue weighted by atomic mass is 35.5. The quantitative estimate of drug-likeness (QED) is 0.743. The van der Waals surface area contributed by atoms with Gasteiger partial charge in [0.05, 0.1) is 6.26 Å². The number of rotatable bonds is 3. The highest BCUT2D eigenvalue weighted by molar-refractivity contribution is 6.30. The maximum absolute atomic E-state index is 11.6. The number of carbonyl (C=O) groups is 1. The Balaban J connectivity index is 2.09. The Kier molecular flexibility index (Phi) is 2.88. The molecular weight excluding hydrogens is 212 g/mol. The van der Waals surface area contributed by atoms with E-state index in [9.17, 15) is 4.79 Å². The molecule has 0 atom stereocenters. The molecule has 0 aliphatic heterocycles. The van der Waals surface area contributed by atoms with Crippen molar-refractivity contribution in [2.45, 2.75) is 6.42 Å². The summed E-state index contributed by atoms with van der Waals surface area (Å²) < 4.78 is 5.02. The average Bonchev–Trinajstić information content (AvgIpc) is 2.74. The first kappa shape index (κ1) is 9.99. The Hall–Kier alpha value is -1.54. The summed E-state index contributed by atoms with van der Waals surface area (Å²) in [6.45, 7) is 0. The lowest BCUT2D eigenvalue weighted by Crippen LogP contribution is -2.01. The predicted octanol–water partition coefficient (Wildman–Crippen LogP) is 3.36. The largest absolute Gasteiger partial charge is 0.461 e. The fourth-order valence-corrected chi connectivity index (χ4v) is 1.44. The van der Waals surface area contributed by atoms with Crippen LogP contribution in [0.25, 0.3) is 0 Å². The number of furan rings is 1. The number of hydrogen-bond donors (Lipinski definition) is 0. The molecule has 1 aromatic carbocycles. The van der Waals surface area contributed by atoms with Crippen molar-refractivity contribution in [2.24, 2.45) is 0 Å². The van der Waals surface area contributed by atoms with Gasteiger partial charge < -0.3 is 4.42 Å². The van der Waals surface area contributed by atoms with Crippen molar-refractivity contribution in [1.82, 2.24) is 0 Å². The fraction of sp³-hybridized carbons (Fsp3) is 0.0833. The van der Waals surface area contributed by atoms with E-state index in [1.54, 1.807) is 24.3 Å². The first-order chi connectivity index (χ1) is 7.25. The van der Waals surface area contributed by atoms with Gasteiger partial charge in [-0.3, -0.25) is 4.79 Å². The molecule has 2 aromatic rings. The Morgan fingerprint density at radius 3 is 2.53 bits per heavy atom. The Morgan fingerprint density at radius 1 is 1.20 bits per heavy atom. The van der Waals surface area contributed by atoms with E-state index in [4.69, 9.17) is 16.0 Å². The van der Waals surface area contributed by atoms with Crippen molar-refractivity contribution in [1.29, 1.82) is 0 Å². The smallest absolute Gasteiger partial charge is 0.202 e. The van der Waals surface area contributed by atoms with Crippen LogP contribution in [0.2, 0.25) is 5.02 Å². The number of hydrogen-bond acceptors (Lipinski definition) is 2. The van der Waals surface area contributed by atoms with Crippen LogP contribution in [-0.4, -0.2) is 5.78 Å². The Labute approximate surface area is 92.5 Å². The molecule has 0 N–H and O–H groups in total. The molecule has 0 aliphatic carbocycles. The summed E-state index contributed by atoms with van der Waals surface area (Å²) in [4.78, 5) is 11.6. The monoisotopic (exact) mass is 220 g/mol.